The van der Waals surface area contributed by atoms with E-state index in [1.54, 1.807) is 24.4 Å². The largest absolute Gasteiger partial charge is 0.433 e. The molecule has 0 aliphatic carbocycles. The molecule has 33 heavy (non-hydrogen) atoms. The number of hydrogen-bond donors (Lipinski definition) is 2. The van der Waals surface area contributed by atoms with E-state index in [0.29, 0.717) is 36.8 Å². The number of carbonyl (C=O) groups is 1. The fourth-order valence-corrected chi connectivity index (χ4v) is 3.72. The number of alkyl halides is 3. The summed E-state index contributed by atoms with van der Waals surface area (Å²) in [5, 5.41) is 5.69. The Bertz CT molecular complexity index is 1170. The molecule has 1 fully saturated rings. The molecule has 172 valence electrons. The average Bonchev–Trinajstić information content (AvgIpc) is 2.78. The third-order valence-corrected chi connectivity index (χ3v) is 5.19. The molecule has 1 aliphatic heterocycles. The van der Waals surface area contributed by atoms with Gasteiger partial charge in [-0.15, -0.1) is 0 Å². The molecular formula is C22H22F3N7O. The molecule has 4 rings (SSSR count). The van der Waals surface area contributed by atoms with E-state index in [4.69, 9.17) is 0 Å². The highest BCUT2D eigenvalue weighted by Gasteiger charge is 2.33. The maximum Gasteiger partial charge on any atom is 0.433 e. The predicted octanol–water partition coefficient (Wildman–Crippen LogP) is 3.72. The Hall–Kier alpha value is -3.76. The van der Waals surface area contributed by atoms with Gasteiger partial charge in [0.2, 0.25) is 17.8 Å². The molecule has 1 aliphatic rings. The van der Waals surface area contributed by atoms with E-state index >= 15 is 0 Å². The van der Waals surface area contributed by atoms with Crippen LogP contribution in [0.3, 0.4) is 0 Å². The van der Waals surface area contributed by atoms with Gasteiger partial charge in [0.15, 0.2) is 0 Å². The van der Waals surface area contributed by atoms with Gasteiger partial charge in [-0.25, -0.2) is 19.9 Å². The van der Waals surface area contributed by atoms with Crippen LogP contribution in [-0.2, 0) is 11.0 Å². The first-order valence-electron chi connectivity index (χ1n) is 10.4. The highest BCUT2D eigenvalue weighted by molar-refractivity contribution is 5.86. The van der Waals surface area contributed by atoms with Crippen molar-refractivity contribution in [2.75, 3.05) is 23.3 Å². The lowest BCUT2D eigenvalue weighted by atomic mass is 10.1. The van der Waals surface area contributed by atoms with E-state index in [1.807, 2.05) is 24.8 Å². The van der Waals surface area contributed by atoms with Gasteiger partial charge in [-0.1, -0.05) is 6.92 Å². The maximum atomic E-state index is 13.0. The Kier molecular flexibility index (Phi) is 6.12. The van der Waals surface area contributed by atoms with Gasteiger partial charge in [-0.2, -0.15) is 13.2 Å². The summed E-state index contributed by atoms with van der Waals surface area (Å²) in [5.41, 5.74) is 1.73. The Labute approximate surface area is 188 Å². The van der Waals surface area contributed by atoms with Crippen LogP contribution in [-0.4, -0.2) is 45.0 Å². The second-order valence-corrected chi connectivity index (χ2v) is 7.63. The quantitative estimate of drug-likeness (QED) is 0.603. The second-order valence-electron chi connectivity index (χ2n) is 7.63. The zero-order valence-corrected chi connectivity index (χ0v) is 18.0. The number of aromatic nitrogens is 4. The van der Waals surface area contributed by atoms with Crippen molar-refractivity contribution < 1.29 is 18.0 Å². The number of nitrogens with zero attached hydrogens (tertiary/aromatic N) is 5. The zero-order chi connectivity index (χ0) is 23.6. The molecule has 0 radical (unpaired) electrons. The van der Waals surface area contributed by atoms with E-state index in [9.17, 15) is 18.0 Å². The van der Waals surface area contributed by atoms with E-state index in [-0.39, 0.29) is 17.9 Å². The summed E-state index contributed by atoms with van der Waals surface area (Å²) in [5.74, 6) is 0.238. The number of anilines is 3. The van der Waals surface area contributed by atoms with Gasteiger partial charge >= 0.3 is 6.18 Å². The minimum absolute atomic E-state index is 0.0547. The van der Waals surface area contributed by atoms with Crippen molar-refractivity contribution in [2.45, 2.75) is 32.5 Å². The number of benzene rings is 1. The molecule has 1 aromatic carbocycles. The van der Waals surface area contributed by atoms with Gasteiger partial charge in [0.05, 0.1) is 5.69 Å². The van der Waals surface area contributed by atoms with Crippen molar-refractivity contribution in [3.05, 3.63) is 54.0 Å². The van der Waals surface area contributed by atoms with Crippen LogP contribution in [0.15, 0.2) is 42.7 Å². The lowest BCUT2D eigenvalue weighted by Gasteiger charge is -2.34. The lowest BCUT2D eigenvalue weighted by Crippen LogP contribution is -2.55. The third-order valence-electron chi connectivity index (χ3n) is 5.19. The molecule has 1 atom stereocenters. The van der Waals surface area contributed by atoms with Crippen molar-refractivity contribution in [1.82, 2.24) is 25.3 Å². The summed E-state index contributed by atoms with van der Waals surface area (Å²) in [6, 6.07) is 7.65. The first-order valence-corrected chi connectivity index (χ1v) is 10.4. The van der Waals surface area contributed by atoms with E-state index < -0.39 is 11.9 Å². The van der Waals surface area contributed by atoms with Gasteiger partial charge < -0.3 is 15.5 Å². The number of hydrogen-bond acceptors (Lipinski definition) is 7. The molecule has 1 amide bonds. The molecule has 8 nitrogen and oxygen atoms in total. The van der Waals surface area contributed by atoms with Crippen LogP contribution in [0.5, 0.6) is 0 Å². The smallest absolute Gasteiger partial charge is 0.353 e. The fraction of sp³-hybridized carbons (Fsp3) is 0.318. The molecule has 2 N–H and O–H groups in total. The summed E-state index contributed by atoms with van der Waals surface area (Å²) < 4.78 is 38.9. The minimum atomic E-state index is -4.56. The van der Waals surface area contributed by atoms with Crippen LogP contribution in [0.4, 0.5) is 30.8 Å². The van der Waals surface area contributed by atoms with Crippen LogP contribution in [0, 0.1) is 6.92 Å². The van der Waals surface area contributed by atoms with Gasteiger partial charge in [0, 0.05) is 36.7 Å². The monoisotopic (exact) mass is 457 g/mol. The van der Waals surface area contributed by atoms with Crippen LogP contribution in [0.1, 0.15) is 24.6 Å². The van der Waals surface area contributed by atoms with Gasteiger partial charge in [0.25, 0.3) is 0 Å². The highest BCUT2D eigenvalue weighted by Crippen LogP contribution is 2.29. The average molecular weight is 457 g/mol. The van der Waals surface area contributed by atoms with Crippen LogP contribution < -0.4 is 15.5 Å². The Morgan fingerprint density at radius 3 is 2.70 bits per heavy atom. The van der Waals surface area contributed by atoms with Gasteiger partial charge in [0.1, 0.15) is 11.7 Å². The van der Waals surface area contributed by atoms with E-state index in [0.717, 1.165) is 23.4 Å². The minimum Gasteiger partial charge on any atom is -0.353 e. The first kappa shape index (κ1) is 22.4. The highest BCUT2D eigenvalue weighted by atomic mass is 19.4. The Morgan fingerprint density at radius 1 is 1.15 bits per heavy atom. The summed E-state index contributed by atoms with van der Waals surface area (Å²) in [4.78, 5) is 30.6. The van der Waals surface area contributed by atoms with Crippen molar-refractivity contribution in [3.8, 4) is 11.3 Å². The van der Waals surface area contributed by atoms with Crippen molar-refractivity contribution >= 4 is 23.5 Å². The number of amides is 1. The number of rotatable bonds is 5. The van der Waals surface area contributed by atoms with Crippen molar-refractivity contribution in [2.24, 2.45) is 0 Å². The fourth-order valence-electron chi connectivity index (χ4n) is 3.72. The molecule has 1 saturated heterocycles. The molecule has 0 saturated carbocycles. The molecule has 0 bridgehead atoms. The standard InChI is InChI=1S/C22H22F3N7O/c1-3-17-19(33)26-8-9-32(17)21-28-6-4-16(30-21)14-10-13(2)11-15(12-14)29-20-27-7-5-18(31-20)22(23,24)25/h4-7,10-12,17H,3,8-9H2,1-2H3,(H,26,33)(H,27,29,31)/t17-/m0/s1. The maximum absolute atomic E-state index is 13.0. The molecule has 0 spiro atoms. The van der Waals surface area contributed by atoms with Crippen LogP contribution in [0.25, 0.3) is 11.3 Å². The lowest BCUT2D eigenvalue weighted by molar-refractivity contribution is -0.141. The molecule has 0 unspecified atom stereocenters. The second kappa shape index (κ2) is 9.00. The third kappa shape index (κ3) is 5.02. The molecule has 2 aromatic heterocycles. The number of carbonyl (C=O) groups excluding carboxylic acids is 1. The molecule has 11 heteroatoms. The Balaban J connectivity index is 1.63. The van der Waals surface area contributed by atoms with Gasteiger partial charge in [-0.3, -0.25) is 4.79 Å². The first-order chi connectivity index (χ1) is 15.7. The molecule has 3 aromatic rings. The van der Waals surface area contributed by atoms with Crippen molar-refractivity contribution in [3.63, 3.8) is 0 Å². The van der Waals surface area contributed by atoms with Crippen LogP contribution in [0.2, 0.25) is 0 Å². The molecule has 3 heterocycles. The summed E-state index contributed by atoms with van der Waals surface area (Å²) in [6.45, 7) is 4.91. The normalized spacial score (nSPS) is 16.5. The number of halogens is 3. The summed E-state index contributed by atoms with van der Waals surface area (Å²) >= 11 is 0. The SMILES string of the molecule is CC[C@H]1C(=O)NCCN1c1nccc(-c2cc(C)cc(Nc3nccc(C(F)(F)F)n3)c2)n1. The number of aryl methyl sites for hydroxylation is 1. The number of piperazine rings is 1. The predicted molar refractivity (Wildman–Crippen MR) is 117 cm³/mol. The zero-order valence-electron chi connectivity index (χ0n) is 18.0. The van der Waals surface area contributed by atoms with Crippen LogP contribution >= 0.6 is 0 Å². The Morgan fingerprint density at radius 2 is 1.94 bits per heavy atom. The van der Waals surface area contributed by atoms with E-state index in [2.05, 4.69) is 30.6 Å². The van der Waals surface area contributed by atoms with E-state index in [1.165, 1.54) is 0 Å². The topological polar surface area (TPSA) is 95.9 Å². The summed E-state index contributed by atoms with van der Waals surface area (Å²) in [7, 11) is 0. The number of nitrogens with one attached hydrogen (secondary N) is 2. The summed E-state index contributed by atoms with van der Waals surface area (Å²) in [6.07, 6.45) is -1.25. The van der Waals surface area contributed by atoms with Gasteiger partial charge in [-0.05, 0) is 49.2 Å². The molecular weight excluding hydrogens is 435 g/mol. The van der Waals surface area contributed by atoms with Crippen molar-refractivity contribution in [1.29, 1.82) is 0 Å².